The molecule has 5 heteroatoms. The van der Waals surface area contributed by atoms with Crippen molar-refractivity contribution in [3.63, 3.8) is 0 Å². The lowest BCUT2D eigenvalue weighted by Crippen LogP contribution is -1.99. The van der Waals surface area contributed by atoms with Gasteiger partial charge < -0.3 is 10.2 Å². The van der Waals surface area contributed by atoms with Crippen LogP contribution >= 0.6 is 11.6 Å². The van der Waals surface area contributed by atoms with Crippen molar-refractivity contribution in [2.24, 2.45) is 0 Å². The van der Waals surface area contributed by atoms with Gasteiger partial charge in [-0.3, -0.25) is 0 Å². The van der Waals surface area contributed by atoms with Crippen molar-refractivity contribution >= 4 is 17.4 Å². The first kappa shape index (κ1) is 13.2. The van der Waals surface area contributed by atoms with Crippen LogP contribution in [0.15, 0.2) is 53.1 Å². The molecule has 0 atom stereocenters. The van der Waals surface area contributed by atoms with E-state index in [2.05, 4.69) is 4.98 Å². The topological polar surface area (TPSA) is 75.8 Å². The molecule has 0 aliphatic carbocycles. The summed E-state index contributed by atoms with van der Waals surface area (Å²) in [6.07, 6.45) is 1.56. The number of halogens is 1. The van der Waals surface area contributed by atoms with Crippen LogP contribution in [-0.4, -0.2) is 4.98 Å². The van der Waals surface area contributed by atoms with E-state index in [1.54, 1.807) is 30.5 Å². The first-order chi connectivity index (χ1) is 10.2. The van der Waals surface area contributed by atoms with Crippen LogP contribution in [0.25, 0.3) is 22.6 Å². The van der Waals surface area contributed by atoms with E-state index in [0.717, 1.165) is 5.56 Å². The minimum atomic E-state index is 0.166. The van der Waals surface area contributed by atoms with Crippen LogP contribution in [0.2, 0.25) is 5.02 Å². The Bertz CT molecular complexity index is 835. The van der Waals surface area contributed by atoms with Gasteiger partial charge in [0.05, 0.1) is 11.8 Å². The molecule has 21 heavy (non-hydrogen) atoms. The highest BCUT2D eigenvalue weighted by molar-refractivity contribution is 6.33. The molecule has 0 saturated carbocycles. The number of nitriles is 1. The predicted octanol–water partition coefficient (Wildman–Crippen LogP) is 4.12. The molecule has 3 rings (SSSR count). The smallest absolute Gasteiger partial charge is 0.152 e. The second kappa shape index (κ2) is 5.31. The Morgan fingerprint density at radius 2 is 1.95 bits per heavy atom. The van der Waals surface area contributed by atoms with Crippen molar-refractivity contribution in [3.8, 4) is 28.7 Å². The lowest BCUT2D eigenvalue weighted by atomic mass is 10.0. The number of furan rings is 1. The fraction of sp³-hybridized carbons (Fsp3) is 0. The molecule has 102 valence electrons. The number of nitrogen functional groups attached to an aromatic ring is 1. The van der Waals surface area contributed by atoms with E-state index >= 15 is 0 Å². The van der Waals surface area contributed by atoms with Gasteiger partial charge in [0.15, 0.2) is 5.76 Å². The maximum Gasteiger partial charge on any atom is 0.152 e. The Balaban J connectivity index is 2.33. The molecule has 0 bridgehead atoms. The summed E-state index contributed by atoms with van der Waals surface area (Å²) < 4.78 is 5.41. The zero-order chi connectivity index (χ0) is 14.8. The Kier molecular flexibility index (Phi) is 3.35. The summed E-state index contributed by atoms with van der Waals surface area (Å²) in [5.74, 6) is 0.737. The molecule has 2 aromatic heterocycles. The van der Waals surface area contributed by atoms with Gasteiger partial charge in [0, 0.05) is 16.1 Å². The normalized spacial score (nSPS) is 10.3. The summed E-state index contributed by atoms with van der Waals surface area (Å²) >= 11 is 6.25. The van der Waals surface area contributed by atoms with Crippen LogP contribution in [0.5, 0.6) is 0 Å². The number of rotatable bonds is 2. The highest BCUT2D eigenvalue weighted by atomic mass is 35.5. The fourth-order valence-electron chi connectivity index (χ4n) is 2.10. The summed E-state index contributed by atoms with van der Waals surface area (Å²) in [5, 5.41) is 9.72. The highest BCUT2D eigenvalue weighted by Gasteiger charge is 2.16. The largest absolute Gasteiger partial charge is 0.463 e. The minimum absolute atomic E-state index is 0.166. The first-order valence-electron chi connectivity index (χ1n) is 6.20. The van der Waals surface area contributed by atoms with E-state index in [0.29, 0.717) is 27.6 Å². The summed E-state index contributed by atoms with van der Waals surface area (Å²) in [6.45, 7) is 0. The van der Waals surface area contributed by atoms with Crippen LogP contribution in [-0.2, 0) is 0 Å². The molecule has 4 nitrogen and oxygen atoms in total. The number of hydrogen-bond donors (Lipinski definition) is 1. The minimum Gasteiger partial charge on any atom is -0.463 e. The molecular formula is C16H10ClN3O. The Hall–Kier alpha value is -2.77. The monoisotopic (exact) mass is 295 g/mol. The van der Waals surface area contributed by atoms with E-state index in [1.165, 1.54) is 0 Å². The average molecular weight is 296 g/mol. The average Bonchev–Trinajstić information content (AvgIpc) is 3.02. The molecule has 3 aromatic rings. The van der Waals surface area contributed by atoms with Crippen molar-refractivity contribution in [1.29, 1.82) is 5.26 Å². The van der Waals surface area contributed by atoms with Gasteiger partial charge >= 0.3 is 0 Å². The lowest BCUT2D eigenvalue weighted by Gasteiger charge is -2.10. The summed E-state index contributed by atoms with van der Waals surface area (Å²) in [6, 6.07) is 14.6. The summed E-state index contributed by atoms with van der Waals surface area (Å²) in [5.41, 5.74) is 8.16. The predicted molar refractivity (Wildman–Crippen MR) is 81.5 cm³/mol. The summed E-state index contributed by atoms with van der Waals surface area (Å²) in [7, 11) is 0. The number of nitrogens with two attached hydrogens (primary N) is 1. The van der Waals surface area contributed by atoms with Crippen molar-refractivity contribution in [2.75, 3.05) is 5.73 Å². The second-order valence-electron chi connectivity index (χ2n) is 4.39. The molecule has 2 N–H and O–H groups in total. The van der Waals surface area contributed by atoms with Gasteiger partial charge in [-0.15, -0.1) is 0 Å². The van der Waals surface area contributed by atoms with Gasteiger partial charge in [0.25, 0.3) is 0 Å². The second-order valence-corrected chi connectivity index (χ2v) is 4.79. The molecule has 0 radical (unpaired) electrons. The number of pyridine rings is 1. The zero-order valence-electron chi connectivity index (χ0n) is 10.9. The van der Waals surface area contributed by atoms with E-state index in [1.807, 2.05) is 24.3 Å². The molecule has 0 aliphatic heterocycles. The maximum absolute atomic E-state index is 9.15. The van der Waals surface area contributed by atoms with Gasteiger partial charge in [-0.1, -0.05) is 29.8 Å². The molecule has 2 heterocycles. The lowest BCUT2D eigenvalue weighted by molar-refractivity contribution is 0.580. The maximum atomic E-state index is 9.15. The van der Waals surface area contributed by atoms with Gasteiger partial charge in [0.2, 0.25) is 0 Å². The number of aromatic nitrogens is 1. The molecule has 0 amide bonds. The highest BCUT2D eigenvalue weighted by Crippen LogP contribution is 2.36. The zero-order valence-corrected chi connectivity index (χ0v) is 11.6. The van der Waals surface area contributed by atoms with Crippen molar-refractivity contribution in [3.05, 3.63) is 59.3 Å². The number of hydrogen-bond acceptors (Lipinski definition) is 4. The van der Waals surface area contributed by atoms with Crippen molar-refractivity contribution < 1.29 is 4.42 Å². The van der Waals surface area contributed by atoms with E-state index in [-0.39, 0.29) is 5.82 Å². The molecular weight excluding hydrogens is 286 g/mol. The standard InChI is InChI=1S/C16H10ClN3O/c17-13-5-2-1-4-11(13)12-8-10(9-18)16(19)20-15(12)14-6-3-7-21-14/h1-8H,(H2,19,20). The van der Waals surface area contributed by atoms with E-state index in [9.17, 15) is 0 Å². The van der Waals surface area contributed by atoms with Gasteiger partial charge in [-0.05, 0) is 24.3 Å². The molecule has 0 saturated heterocycles. The van der Waals surface area contributed by atoms with Crippen LogP contribution in [0, 0.1) is 11.3 Å². The molecule has 0 fully saturated rings. The van der Waals surface area contributed by atoms with Gasteiger partial charge in [-0.2, -0.15) is 5.26 Å². The van der Waals surface area contributed by atoms with Crippen LogP contribution in [0.1, 0.15) is 5.56 Å². The number of anilines is 1. The van der Waals surface area contributed by atoms with Crippen LogP contribution < -0.4 is 5.73 Å². The van der Waals surface area contributed by atoms with Crippen LogP contribution in [0.4, 0.5) is 5.82 Å². The third-order valence-electron chi connectivity index (χ3n) is 3.09. The summed E-state index contributed by atoms with van der Waals surface area (Å²) in [4.78, 5) is 4.31. The van der Waals surface area contributed by atoms with Gasteiger partial charge in [0.1, 0.15) is 17.6 Å². The fourth-order valence-corrected chi connectivity index (χ4v) is 2.34. The number of nitrogens with zero attached hydrogens (tertiary/aromatic N) is 2. The molecule has 0 aliphatic rings. The van der Waals surface area contributed by atoms with Gasteiger partial charge in [-0.25, -0.2) is 4.98 Å². The molecule has 0 spiro atoms. The SMILES string of the molecule is N#Cc1cc(-c2ccccc2Cl)c(-c2ccco2)nc1N. The quantitative estimate of drug-likeness (QED) is 0.771. The van der Waals surface area contributed by atoms with E-state index in [4.69, 9.17) is 27.0 Å². The van der Waals surface area contributed by atoms with Crippen molar-refractivity contribution in [1.82, 2.24) is 4.98 Å². The van der Waals surface area contributed by atoms with E-state index < -0.39 is 0 Å². The molecule has 1 aromatic carbocycles. The number of benzene rings is 1. The Morgan fingerprint density at radius 1 is 1.14 bits per heavy atom. The van der Waals surface area contributed by atoms with Crippen molar-refractivity contribution in [2.45, 2.75) is 0 Å². The third-order valence-corrected chi connectivity index (χ3v) is 3.42. The Labute approximate surface area is 126 Å². The molecule has 0 unspecified atom stereocenters. The Morgan fingerprint density at radius 3 is 2.62 bits per heavy atom. The first-order valence-corrected chi connectivity index (χ1v) is 6.58. The van der Waals surface area contributed by atoms with Crippen LogP contribution in [0.3, 0.4) is 0 Å². The third kappa shape index (κ3) is 2.35.